The first-order valence-corrected chi connectivity index (χ1v) is 9.56. The van der Waals surface area contributed by atoms with Crippen molar-refractivity contribution in [1.29, 1.82) is 0 Å². The van der Waals surface area contributed by atoms with Gasteiger partial charge in [0.25, 0.3) is 5.91 Å². The van der Waals surface area contributed by atoms with Gasteiger partial charge in [-0.25, -0.2) is 10.2 Å². The zero-order valence-corrected chi connectivity index (χ0v) is 17.4. The van der Waals surface area contributed by atoms with Gasteiger partial charge in [-0.05, 0) is 49.4 Å². The molecule has 8 heteroatoms. The van der Waals surface area contributed by atoms with E-state index < -0.39 is 11.9 Å². The third-order valence-electron chi connectivity index (χ3n) is 4.02. The summed E-state index contributed by atoms with van der Waals surface area (Å²) < 4.78 is 6.21. The van der Waals surface area contributed by atoms with E-state index in [1.807, 2.05) is 13.0 Å². The number of hydrogen-bond acceptors (Lipinski definition) is 6. The second kappa shape index (κ2) is 9.23. The Hall–Kier alpha value is -3.65. The van der Waals surface area contributed by atoms with Gasteiger partial charge >= 0.3 is 5.97 Å². The highest BCUT2D eigenvalue weighted by Crippen LogP contribution is 2.24. The predicted octanol–water partition coefficient (Wildman–Crippen LogP) is 4.15. The first kappa shape index (κ1) is 21.1. The largest absolute Gasteiger partial charge is 0.508 e. The van der Waals surface area contributed by atoms with E-state index in [-0.39, 0.29) is 22.8 Å². The van der Waals surface area contributed by atoms with Gasteiger partial charge in [-0.3, -0.25) is 4.79 Å². The third-order valence-corrected chi connectivity index (χ3v) is 4.52. The van der Waals surface area contributed by atoms with Gasteiger partial charge < -0.3 is 14.9 Å². The lowest BCUT2D eigenvalue weighted by atomic mass is 10.1. The summed E-state index contributed by atoms with van der Waals surface area (Å²) >= 11 is 3.34. The zero-order chi connectivity index (χ0) is 21.7. The van der Waals surface area contributed by atoms with Crippen LogP contribution in [-0.2, 0) is 0 Å². The van der Waals surface area contributed by atoms with Crippen molar-refractivity contribution in [3.63, 3.8) is 0 Å². The molecule has 0 aromatic heterocycles. The average molecular weight is 469 g/mol. The maximum absolute atomic E-state index is 12.4. The predicted molar refractivity (Wildman–Crippen MR) is 115 cm³/mol. The molecule has 0 saturated carbocycles. The molecular formula is C22H17BrN2O5. The molecule has 0 aliphatic carbocycles. The number of ether oxygens (including phenoxy) is 1. The highest BCUT2D eigenvalue weighted by atomic mass is 79.9. The Labute approximate surface area is 180 Å². The summed E-state index contributed by atoms with van der Waals surface area (Å²) in [7, 11) is 0. The highest BCUT2D eigenvalue weighted by Gasteiger charge is 2.13. The molecule has 7 nitrogen and oxygen atoms in total. The molecular weight excluding hydrogens is 452 g/mol. The Balaban J connectivity index is 1.76. The molecule has 0 aliphatic heterocycles. The minimum atomic E-state index is -0.669. The van der Waals surface area contributed by atoms with Crippen LogP contribution in [-0.4, -0.2) is 28.3 Å². The molecule has 3 aromatic carbocycles. The number of hydrogen-bond donors (Lipinski definition) is 3. The molecule has 0 fully saturated rings. The fourth-order valence-electron chi connectivity index (χ4n) is 2.58. The first-order chi connectivity index (χ1) is 14.3. The van der Waals surface area contributed by atoms with E-state index in [1.165, 1.54) is 18.3 Å². The van der Waals surface area contributed by atoms with Crippen molar-refractivity contribution in [3.05, 3.63) is 87.4 Å². The van der Waals surface area contributed by atoms with Crippen LogP contribution in [0.4, 0.5) is 0 Å². The highest BCUT2D eigenvalue weighted by molar-refractivity contribution is 9.10. The van der Waals surface area contributed by atoms with Crippen LogP contribution in [0.15, 0.2) is 70.2 Å². The number of nitrogens with zero attached hydrogens (tertiary/aromatic N) is 1. The van der Waals surface area contributed by atoms with Crippen LogP contribution in [0.5, 0.6) is 17.2 Å². The fraction of sp³-hybridized carbons (Fsp3) is 0.0455. The van der Waals surface area contributed by atoms with Crippen molar-refractivity contribution < 1.29 is 24.5 Å². The van der Waals surface area contributed by atoms with E-state index in [9.17, 15) is 19.8 Å². The minimum absolute atomic E-state index is 0.0507. The Kier molecular flexibility index (Phi) is 6.48. The lowest BCUT2D eigenvalue weighted by Gasteiger charge is -2.08. The molecule has 0 heterocycles. The van der Waals surface area contributed by atoms with Crippen molar-refractivity contribution in [2.75, 3.05) is 0 Å². The van der Waals surface area contributed by atoms with Crippen molar-refractivity contribution in [3.8, 4) is 17.2 Å². The SMILES string of the molecule is Cc1cccc(C(=O)Oc2ccc(Br)cc2/C=N/NC(=O)c2ccc(O)cc2O)c1. The number of phenols is 2. The minimum Gasteiger partial charge on any atom is -0.508 e. The number of amides is 1. The van der Waals surface area contributed by atoms with Crippen LogP contribution < -0.4 is 10.2 Å². The summed E-state index contributed by atoms with van der Waals surface area (Å²) in [5.41, 5.74) is 4.02. The number of aryl methyl sites for hydroxylation is 1. The summed E-state index contributed by atoms with van der Waals surface area (Å²) in [5.74, 6) is -1.47. The summed E-state index contributed by atoms with van der Waals surface area (Å²) in [5, 5.41) is 22.9. The molecule has 0 saturated heterocycles. The Bertz CT molecular complexity index is 1140. The van der Waals surface area contributed by atoms with Crippen molar-refractivity contribution >= 4 is 34.0 Å². The normalized spacial score (nSPS) is 10.7. The van der Waals surface area contributed by atoms with Crippen LogP contribution in [0.25, 0.3) is 0 Å². The third kappa shape index (κ3) is 5.24. The van der Waals surface area contributed by atoms with Crippen LogP contribution in [0, 0.1) is 6.92 Å². The molecule has 0 spiro atoms. The van der Waals surface area contributed by atoms with Gasteiger partial charge in [0.2, 0.25) is 0 Å². The molecule has 30 heavy (non-hydrogen) atoms. The van der Waals surface area contributed by atoms with E-state index in [4.69, 9.17) is 4.74 Å². The van der Waals surface area contributed by atoms with Crippen LogP contribution >= 0.6 is 15.9 Å². The molecule has 3 rings (SSSR count). The molecule has 3 aromatic rings. The van der Waals surface area contributed by atoms with Crippen LogP contribution in [0.1, 0.15) is 31.8 Å². The summed E-state index contributed by atoms with van der Waals surface area (Å²) in [4.78, 5) is 24.6. The average Bonchev–Trinajstić information content (AvgIpc) is 2.69. The molecule has 0 aliphatic rings. The Morgan fingerprint density at radius 2 is 1.87 bits per heavy atom. The second-order valence-corrected chi connectivity index (χ2v) is 7.26. The number of benzene rings is 3. The quantitative estimate of drug-likeness (QED) is 0.225. The van der Waals surface area contributed by atoms with Gasteiger partial charge in [0.05, 0.1) is 17.3 Å². The standard InChI is InChI=1S/C22H17BrN2O5/c1-13-3-2-4-14(9-13)22(29)30-20-8-5-16(23)10-15(20)12-24-25-21(28)18-7-6-17(26)11-19(18)27/h2-12,26-27H,1H3,(H,25,28)/b24-12+. The number of phenolic OH excluding ortho intramolecular Hbond substituents is 2. The van der Waals surface area contributed by atoms with Gasteiger partial charge in [0.1, 0.15) is 17.2 Å². The second-order valence-electron chi connectivity index (χ2n) is 6.34. The number of nitrogens with one attached hydrogen (secondary N) is 1. The molecule has 152 valence electrons. The number of carbonyl (C=O) groups is 2. The molecule has 1 amide bonds. The lowest BCUT2D eigenvalue weighted by Crippen LogP contribution is -2.18. The number of rotatable bonds is 5. The van der Waals surface area contributed by atoms with Crippen molar-refractivity contribution in [2.45, 2.75) is 6.92 Å². The number of hydrazone groups is 1. The van der Waals surface area contributed by atoms with Gasteiger partial charge in [0, 0.05) is 16.1 Å². The topological polar surface area (TPSA) is 108 Å². The van der Waals surface area contributed by atoms with Gasteiger partial charge in [-0.15, -0.1) is 0 Å². The van der Waals surface area contributed by atoms with E-state index in [0.29, 0.717) is 11.1 Å². The van der Waals surface area contributed by atoms with E-state index in [0.717, 1.165) is 16.1 Å². The molecule has 3 N–H and O–H groups in total. The molecule has 0 unspecified atom stereocenters. The number of aromatic hydroxyl groups is 2. The monoisotopic (exact) mass is 468 g/mol. The van der Waals surface area contributed by atoms with Gasteiger partial charge in [-0.2, -0.15) is 5.10 Å². The van der Waals surface area contributed by atoms with Crippen molar-refractivity contribution in [1.82, 2.24) is 5.43 Å². The zero-order valence-electron chi connectivity index (χ0n) is 15.8. The summed E-state index contributed by atoms with van der Waals surface area (Å²) in [6.07, 6.45) is 1.32. The fourth-order valence-corrected chi connectivity index (χ4v) is 2.96. The summed E-state index contributed by atoms with van der Waals surface area (Å²) in [6.45, 7) is 1.88. The van der Waals surface area contributed by atoms with E-state index in [1.54, 1.807) is 36.4 Å². The number of carbonyl (C=O) groups excluding carboxylic acids is 2. The summed E-state index contributed by atoms with van der Waals surface area (Å²) in [6, 6.07) is 15.6. The first-order valence-electron chi connectivity index (χ1n) is 8.77. The Morgan fingerprint density at radius 1 is 1.07 bits per heavy atom. The van der Waals surface area contributed by atoms with Crippen molar-refractivity contribution in [2.24, 2.45) is 5.10 Å². The maximum Gasteiger partial charge on any atom is 0.343 e. The number of halogens is 1. The van der Waals surface area contributed by atoms with Crippen LogP contribution in [0.3, 0.4) is 0 Å². The maximum atomic E-state index is 12.4. The number of esters is 1. The Morgan fingerprint density at radius 3 is 2.60 bits per heavy atom. The van der Waals surface area contributed by atoms with E-state index in [2.05, 4.69) is 26.5 Å². The molecule has 0 bridgehead atoms. The molecule has 0 radical (unpaired) electrons. The molecule has 0 atom stereocenters. The smallest absolute Gasteiger partial charge is 0.343 e. The van der Waals surface area contributed by atoms with E-state index >= 15 is 0 Å². The lowest BCUT2D eigenvalue weighted by molar-refractivity contribution is 0.0734. The van der Waals surface area contributed by atoms with Gasteiger partial charge in [-0.1, -0.05) is 33.6 Å². The van der Waals surface area contributed by atoms with Gasteiger partial charge in [0.15, 0.2) is 0 Å². The van der Waals surface area contributed by atoms with Crippen LogP contribution in [0.2, 0.25) is 0 Å².